The second-order valence-electron chi connectivity index (χ2n) is 11.0. The Balaban J connectivity index is 0. The minimum absolute atomic E-state index is 0. The lowest BCUT2D eigenvalue weighted by Crippen LogP contribution is -2.52. The van der Waals surface area contributed by atoms with E-state index >= 15 is 0 Å². The molecule has 1 saturated heterocycles. The van der Waals surface area contributed by atoms with Gasteiger partial charge in [-0.2, -0.15) is 0 Å². The first-order chi connectivity index (χ1) is 15.3. The zero-order valence-electron chi connectivity index (χ0n) is 22.4. The first-order valence-electron chi connectivity index (χ1n) is 12.6. The molecule has 1 fully saturated rings. The number of hydrogen-bond donors (Lipinski definition) is 1. The third-order valence-electron chi connectivity index (χ3n) is 7.73. The highest BCUT2D eigenvalue weighted by Crippen LogP contribution is 2.42. The fourth-order valence-corrected chi connectivity index (χ4v) is 5.93. The SMILES string of the molecule is C.CC(C)[C@H](CN1CCC(C2=CC=C(Cl)CC2)C(C)(C)C1)NCC1=CCC2=C(C=CCC2)O1.O.O.O.O. The van der Waals surface area contributed by atoms with Gasteiger partial charge < -0.3 is 36.9 Å². The predicted molar refractivity (Wildman–Crippen MR) is 157 cm³/mol. The van der Waals surface area contributed by atoms with Crippen LogP contribution in [0.2, 0.25) is 0 Å². The quantitative estimate of drug-likeness (QED) is 0.514. The zero-order valence-corrected chi connectivity index (χ0v) is 23.2. The Morgan fingerprint density at radius 1 is 1.11 bits per heavy atom. The van der Waals surface area contributed by atoms with Crippen molar-refractivity contribution in [3.63, 3.8) is 0 Å². The molecule has 2 atom stereocenters. The summed E-state index contributed by atoms with van der Waals surface area (Å²) in [5, 5.41) is 4.82. The maximum Gasteiger partial charge on any atom is 0.126 e. The number of halogens is 1. The number of nitrogens with one attached hydrogen (secondary N) is 1. The maximum atomic E-state index is 6.20. The van der Waals surface area contributed by atoms with Gasteiger partial charge in [-0.05, 0) is 86.1 Å². The van der Waals surface area contributed by atoms with Crippen LogP contribution in [0.25, 0.3) is 0 Å². The highest BCUT2D eigenvalue weighted by molar-refractivity contribution is 6.29. The minimum atomic E-state index is 0. The van der Waals surface area contributed by atoms with Crippen LogP contribution in [0.4, 0.5) is 0 Å². The highest BCUT2D eigenvalue weighted by atomic mass is 35.5. The third kappa shape index (κ3) is 9.66. The molecule has 0 aromatic carbocycles. The topological polar surface area (TPSA) is 150 Å². The van der Waals surface area contributed by atoms with Gasteiger partial charge in [-0.15, -0.1) is 0 Å². The molecule has 0 aromatic rings. The van der Waals surface area contributed by atoms with Crippen molar-refractivity contribution in [2.45, 2.75) is 79.7 Å². The summed E-state index contributed by atoms with van der Waals surface area (Å²) in [5.74, 6) is 3.42. The van der Waals surface area contributed by atoms with E-state index in [0.29, 0.717) is 17.9 Å². The molecule has 7 nitrogen and oxygen atoms in total. The van der Waals surface area contributed by atoms with Crippen molar-refractivity contribution in [3.8, 4) is 0 Å². The van der Waals surface area contributed by atoms with E-state index in [-0.39, 0.29) is 34.7 Å². The van der Waals surface area contributed by atoms with E-state index in [0.717, 1.165) is 68.3 Å². The Morgan fingerprint density at radius 2 is 1.84 bits per heavy atom. The molecule has 1 unspecified atom stereocenters. The molecule has 0 bridgehead atoms. The molecule has 2 aliphatic heterocycles. The molecule has 4 aliphatic rings. The van der Waals surface area contributed by atoms with E-state index in [9.17, 15) is 0 Å². The number of ether oxygens (including phenoxy) is 1. The van der Waals surface area contributed by atoms with Crippen LogP contribution >= 0.6 is 11.6 Å². The molecule has 2 aliphatic carbocycles. The zero-order chi connectivity index (χ0) is 22.7. The maximum absolute atomic E-state index is 6.20. The van der Waals surface area contributed by atoms with Crippen LogP contribution in [-0.2, 0) is 4.74 Å². The molecule has 0 spiro atoms. The van der Waals surface area contributed by atoms with Crippen LogP contribution in [0.15, 0.2) is 58.1 Å². The summed E-state index contributed by atoms with van der Waals surface area (Å²) in [6, 6.07) is 0.458. The van der Waals surface area contributed by atoms with E-state index in [4.69, 9.17) is 16.3 Å². The van der Waals surface area contributed by atoms with Crippen molar-refractivity contribution >= 4 is 11.6 Å². The van der Waals surface area contributed by atoms with Gasteiger partial charge in [-0.25, -0.2) is 0 Å². The Bertz CT molecular complexity index is 860. The van der Waals surface area contributed by atoms with E-state index in [1.165, 1.54) is 18.5 Å². The normalized spacial score (nSPS) is 23.2. The lowest BCUT2D eigenvalue weighted by molar-refractivity contribution is 0.0604. The van der Waals surface area contributed by atoms with Crippen LogP contribution in [-0.4, -0.2) is 59.0 Å². The average molecular weight is 545 g/mol. The van der Waals surface area contributed by atoms with Crippen LogP contribution in [0.5, 0.6) is 0 Å². The van der Waals surface area contributed by atoms with Crippen LogP contribution < -0.4 is 5.32 Å². The summed E-state index contributed by atoms with van der Waals surface area (Å²) in [5.41, 5.74) is 3.34. The molecule has 0 radical (unpaired) electrons. The molecule has 216 valence electrons. The number of rotatable bonds is 7. The molecule has 0 aromatic heterocycles. The van der Waals surface area contributed by atoms with Crippen LogP contribution in [0.3, 0.4) is 0 Å². The summed E-state index contributed by atoms with van der Waals surface area (Å²) >= 11 is 6.20. The highest BCUT2D eigenvalue weighted by Gasteiger charge is 2.38. The average Bonchev–Trinajstić information content (AvgIpc) is 2.76. The Labute approximate surface area is 229 Å². The summed E-state index contributed by atoms with van der Waals surface area (Å²) in [6.45, 7) is 13.8. The molecular weight excluding hydrogens is 492 g/mol. The fraction of sp³-hybridized carbons (Fsp3) is 0.655. The molecule has 0 amide bonds. The van der Waals surface area contributed by atoms with Crippen LogP contribution in [0, 0.1) is 17.3 Å². The largest absolute Gasteiger partial charge is 0.461 e. The number of likely N-dealkylation sites (tertiary alicyclic amines) is 1. The second-order valence-corrected chi connectivity index (χ2v) is 11.5. The van der Waals surface area contributed by atoms with Gasteiger partial charge in [-0.3, -0.25) is 0 Å². The summed E-state index contributed by atoms with van der Waals surface area (Å²) in [6.07, 6.45) is 17.8. The monoisotopic (exact) mass is 544 g/mol. The molecule has 37 heavy (non-hydrogen) atoms. The second kappa shape index (κ2) is 16.5. The summed E-state index contributed by atoms with van der Waals surface area (Å²) < 4.78 is 6.19. The first-order valence-corrected chi connectivity index (χ1v) is 13.0. The number of allylic oxidation sites excluding steroid dienone is 8. The van der Waals surface area contributed by atoms with Gasteiger partial charge in [0, 0.05) is 24.2 Å². The molecule has 2 heterocycles. The van der Waals surface area contributed by atoms with Gasteiger partial charge in [-0.1, -0.05) is 64.4 Å². The van der Waals surface area contributed by atoms with E-state index < -0.39 is 0 Å². The summed E-state index contributed by atoms with van der Waals surface area (Å²) in [4.78, 5) is 2.68. The standard InChI is InChI=1S/C28H41ClN2O.CH4.4H2O/c1-20(2)26(30-17-24-14-11-22-7-5-6-8-27(22)32-24)18-31-16-15-25(28(3,4)19-31)21-9-12-23(29)13-10-21;;;;;/h6,8-9,12,14,20,25-26,30H,5,7,10-11,13,15-19H2,1-4H3;1H4;4*1H2/t25?,26-;;;;;/m0...../s1. The third-order valence-corrected chi connectivity index (χ3v) is 8.05. The van der Waals surface area contributed by atoms with Gasteiger partial charge in [0.2, 0.25) is 0 Å². The lowest BCUT2D eigenvalue weighted by atomic mass is 9.68. The van der Waals surface area contributed by atoms with Crippen molar-refractivity contribution in [1.82, 2.24) is 10.2 Å². The molecule has 8 heteroatoms. The number of nitrogens with zero attached hydrogens (tertiary/aromatic N) is 1. The van der Waals surface area contributed by atoms with Gasteiger partial charge >= 0.3 is 0 Å². The first kappa shape index (κ1) is 37.7. The van der Waals surface area contributed by atoms with Crippen molar-refractivity contribution < 1.29 is 26.6 Å². The number of hydrogen-bond acceptors (Lipinski definition) is 3. The van der Waals surface area contributed by atoms with Gasteiger partial charge in [0.1, 0.15) is 11.5 Å². The van der Waals surface area contributed by atoms with Crippen molar-refractivity contribution in [2.75, 3.05) is 26.2 Å². The van der Waals surface area contributed by atoms with E-state index in [1.54, 1.807) is 5.57 Å². The van der Waals surface area contributed by atoms with Gasteiger partial charge in [0.05, 0.1) is 6.54 Å². The Kier molecular flexibility index (Phi) is 16.8. The van der Waals surface area contributed by atoms with E-state index in [2.05, 4.69) is 68.3 Å². The van der Waals surface area contributed by atoms with Gasteiger partial charge in [0.25, 0.3) is 0 Å². The molecule has 0 saturated carbocycles. The minimum Gasteiger partial charge on any atom is -0.461 e. The fourth-order valence-electron chi connectivity index (χ4n) is 5.78. The molecule has 9 N–H and O–H groups in total. The molecular formula is C29H53ClN2O5. The van der Waals surface area contributed by atoms with Crippen LogP contribution in [0.1, 0.15) is 73.6 Å². The Hall–Kier alpha value is -1.45. The smallest absolute Gasteiger partial charge is 0.126 e. The Morgan fingerprint density at radius 3 is 2.46 bits per heavy atom. The number of piperidine rings is 1. The van der Waals surface area contributed by atoms with E-state index in [1.807, 2.05) is 0 Å². The van der Waals surface area contributed by atoms with Crippen molar-refractivity contribution in [3.05, 3.63) is 58.1 Å². The predicted octanol–water partition coefficient (Wildman–Crippen LogP) is 4.04. The summed E-state index contributed by atoms with van der Waals surface area (Å²) in [7, 11) is 0. The van der Waals surface area contributed by atoms with Crippen molar-refractivity contribution in [2.24, 2.45) is 17.3 Å². The lowest BCUT2D eigenvalue weighted by Gasteiger charge is -2.47. The van der Waals surface area contributed by atoms with Gasteiger partial charge in [0.15, 0.2) is 0 Å². The molecule has 4 rings (SSSR count). The van der Waals surface area contributed by atoms with Crippen molar-refractivity contribution in [1.29, 1.82) is 0 Å².